The SMILES string of the molecule is FC1(F)COc2ccc(Br)cc21. The molecule has 1 aromatic carbocycles. The Bertz CT molecular complexity index is 325. The third kappa shape index (κ3) is 1.10. The lowest BCUT2D eigenvalue weighted by atomic mass is 10.1. The van der Waals surface area contributed by atoms with Crippen LogP contribution in [0.15, 0.2) is 22.7 Å². The first-order valence-electron chi connectivity index (χ1n) is 3.40. The highest BCUT2D eigenvalue weighted by Gasteiger charge is 2.41. The highest BCUT2D eigenvalue weighted by molar-refractivity contribution is 9.10. The summed E-state index contributed by atoms with van der Waals surface area (Å²) in [6.45, 7) is -0.543. The molecule has 0 amide bonds. The van der Waals surface area contributed by atoms with Gasteiger partial charge in [0, 0.05) is 4.47 Å². The first-order valence-corrected chi connectivity index (χ1v) is 4.19. The summed E-state index contributed by atoms with van der Waals surface area (Å²) in [6, 6.07) is 4.61. The van der Waals surface area contributed by atoms with Crippen molar-refractivity contribution in [2.75, 3.05) is 6.61 Å². The summed E-state index contributed by atoms with van der Waals surface area (Å²) >= 11 is 3.13. The second-order valence-corrected chi connectivity index (χ2v) is 3.55. The molecule has 0 atom stereocenters. The molecule has 64 valence electrons. The van der Waals surface area contributed by atoms with Gasteiger partial charge < -0.3 is 4.74 Å². The van der Waals surface area contributed by atoms with Crippen LogP contribution in [-0.4, -0.2) is 6.61 Å². The van der Waals surface area contributed by atoms with Gasteiger partial charge in [-0.15, -0.1) is 0 Å². The van der Waals surface area contributed by atoms with E-state index < -0.39 is 12.5 Å². The van der Waals surface area contributed by atoms with Crippen molar-refractivity contribution >= 4 is 15.9 Å². The van der Waals surface area contributed by atoms with Gasteiger partial charge in [-0.05, 0) is 18.2 Å². The molecule has 0 N–H and O–H groups in total. The predicted molar refractivity (Wildman–Crippen MR) is 43.5 cm³/mol. The molecule has 1 aromatic rings. The minimum Gasteiger partial charge on any atom is -0.486 e. The number of hydrogen-bond acceptors (Lipinski definition) is 1. The van der Waals surface area contributed by atoms with E-state index in [2.05, 4.69) is 15.9 Å². The monoisotopic (exact) mass is 234 g/mol. The molecule has 0 saturated heterocycles. The average Bonchev–Trinajstić information content (AvgIpc) is 2.28. The quantitative estimate of drug-likeness (QED) is 0.671. The molecule has 1 aliphatic heterocycles. The van der Waals surface area contributed by atoms with Gasteiger partial charge in [-0.3, -0.25) is 0 Å². The van der Waals surface area contributed by atoms with Crippen LogP contribution < -0.4 is 4.74 Å². The molecule has 2 rings (SSSR count). The minimum absolute atomic E-state index is 0.0307. The summed E-state index contributed by atoms with van der Waals surface area (Å²) in [7, 11) is 0. The fourth-order valence-electron chi connectivity index (χ4n) is 1.16. The lowest BCUT2D eigenvalue weighted by Gasteiger charge is -2.05. The molecule has 1 nitrogen and oxygen atoms in total. The van der Waals surface area contributed by atoms with Gasteiger partial charge in [-0.1, -0.05) is 15.9 Å². The maximum atomic E-state index is 13.0. The van der Waals surface area contributed by atoms with E-state index in [-0.39, 0.29) is 11.3 Å². The summed E-state index contributed by atoms with van der Waals surface area (Å²) in [5.74, 6) is -2.55. The number of benzene rings is 1. The standard InChI is InChI=1S/C8H5BrF2O/c9-5-1-2-7-6(3-5)8(10,11)4-12-7/h1-3H,4H2. The molecular weight excluding hydrogens is 230 g/mol. The molecule has 0 unspecified atom stereocenters. The molecule has 12 heavy (non-hydrogen) atoms. The van der Waals surface area contributed by atoms with Crippen LogP contribution in [0.2, 0.25) is 0 Å². The van der Waals surface area contributed by atoms with Crippen LogP contribution in [-0.2, 0) is 5.92 Å². The maximum Gasteiger partial charge on any atom is 0.310 e. The molecule has 0 aliphatic carbocycles. The van der Waals surface area contributed by atoms with Gasteiger partial charge in [-0.25, -0.2) is 0 Å². The van der Waals surface area contributed by atoms with Crippen molar-refractivity contribution in [3.8, 4) is 5.75 Å². The highest BCUT2D eigenvalue weighted by Crippen LogP contribution is 2.42. The topological polar surface area (TPSA) is 9.23 Å². The summed E-state index contributed by atoms with van der Waals surface area (Å²) < 4.78 is 31.4. The molecular formula is C8H5BrF2O. The Labute approximate surface area is 76.5 Å². The van der Waals surface area contributed by atoms with Crippen molar-refractivity contribution in [1.29, 1.82) is 0 Å². The number of hydrogen-bond donors (Lipinski definition) is 0. The smallest absolute Gasteiger partial charge is 0.310 e. The van der Waals surface area contributed by atoms with E-state index in [1.807, 2.05) is 0 Å². The van der Waals surface area contributed by atoms with Crippen molar-refractivity contribution in [1.82, 2.24) is 0 Å². The van der Waals surface area contributed by atoms with Crippen LogP contribution in [0.25, 0.3) is 0 Å². The Morgan fingerprint density at radius 3 is 2.92 bits per heavy atom. The van der Waals surface area contributed by atoms with E-state index in [1.165, 1.54) is 6.07 Å². The minimum atomic E-state index is -2.83. The molecule has 0 fully saturated rings. The number of alkyl halides is 2. The largest absolute Gasteiger partial charge is 0.486 e. The Morgan fingerprint density at radius 2 is 2.17 bits per heavy atom. The van der Waals surface area contributed by atoms with Gasteiger partial charge in [0.15, 0.2) is 6.61 Å². The van der Waals surface area contributed by atoms with E-state index >= 15 is 0 Å². The molecule has 0 bridgehead atoms. The first-order chi connectivity index (χ1) is 5.59. The molecule has 0 spiro atoms. The van der Waals surface area contributed by atoms with Gasteiger partial charge in [-0.2, -0.15) is 8.78 Å². The van der Waals surface area contributed by atoms with Crippen LogP contribution in [0.5, 0.6) is 5.75 Å². The third-order valence-electron chi connectivity index (χ3n) is 1.74. The van der Waals surface area contributed by atoms with Crippen molar-refractivity contribution < 1.29 is 13.5 Å². The summed E-state index contributed by atoms with van der Waals surface area (Å²) in [4.78, 5) is 0. The molecule has 0 aromatic heterocycles. The van der Waals surface area contributed by atoms with E-state index in [1.54, 1.807) is 12.1 Å². The normalized spacial score (nSPS) is 18.6. The van der Waals surface area contributed by atoms with Crippen LogP contribution in [0.4, 0.5) is 8.78 Å². The van der Waals surface area contributed by atoms with Gasteiger partial charge >= 0.3 is 5.92 Å². The fraction of sp³-hybridized carbons (Fsp3) is 0.250. The molecule has 0 saturated carbocycles. The van der Waals surface area contributed by atoms with Crippen LogP contribution >= 0.6 is 15.9 Å². The Balaban J connectivity index is 2.57. The maximum absolute atomic E-state index is 13.0. The summed E-state index contributed by atoms with van der Waals surface area (Å²) in [5, 5.41) is 0. The van der Waals surface area contributed by atoms with Crippen molar-refractivity contribution in [2.24, 2.45) is 0 Å². The number of rotatable bonds is 0. The predicted octanol–water partition coefficient (Wildman–Crippen LogP) is 2.93. The number of halogens is 3. The molecule has 0 radical (unpaired) electrons. The molecule has 4 heteroatoms. The van der Waals surface area contributed by atoms with E-state index in [0.717, 1.165) is 0 Å². The highest BCUT2D eigenvalue weighted by atomic mass is 79.9. The Morgan fingerprint density at radius 1 is 1.42 bits per heavy atom. The third-order valence-corrected chi connectivity index (χ3v) is 2.24. The van der Waals surface area contributed by atoms with Gasteiger partial charge in [0.05, 0.1) is 5.56 Å². The van der Waals surface area contributed by atoms with Gasteiger partial charge in [0.25, 0.3) is 0 Å². The van der Waals surface area contributed by atoms with Crippen molar-refractivity contribution in [2.45, 2.75) is 5.92 Å². The van der Waals surface area contributed by atoms with Gasteiger partial charge in [0.2, 0.25) is 0 Å². The first kappa shape index (κ1) is 7.98. The average molecular weight is 235 g/mol. The Hall–Kier alpha value is -0.640. The molecule has 1 heterocycles. The van der Waals surface area contributed by atoms with E-state index in [0.29, 0.717) is 4.47 Å². The van der Waals surface area contributed by atoms with Crippen molar-refractivity contribution in [3.05, 3.63) is 28.2 Å². The lowest BCUT2D eigenvalue weighted by Crippen LogP contribution is -2.14. The van der Waals surface area contributed by atoms with Crippen LogP contribution in [0.3, 0.4) is 0 Å². The van der Waals surface area contributed by atoms with Crippen molar-refractivity contribution in [3.63, 3.8) is 0 Å². The fourth-order valence-corrected chi connectivity index (χ4v) is 1.52. The van der Waals surface area contributed by atoms with Crippen LogP contribution in [0.1, 0.15) is 5.56 Å². The zero-order chi connectivity index (χ0) is 8.77. The molecule has 1 aliphatic rings. The second kappa shape index (κ2) is 2.42. The Kier molecular flexibility index (Phi) is 1.61. The zero-order valence-corrected chi connectivity index (χ0v) is 7.57. The van der Waals surface area contributed by atoms with E-state index in [4.69, 9.17) is 4.74 Å². The van der Waals surface area contributed by atoms with Crippen LogP contribution in [0, 0.1) is 0 Å². The second-order valence-electron chi connectivity index (χ2n) is 2.63. The summed E-state index contributed by atoms with van der Waals surface area (Å²) in [6.07, 6.45) is 0. The van der Waals surface area contributed by atoms with E-state index in [9.17, 15) is 8.78 Å². The number of ether oxygens (including phenoxy) is 1. The zero-order valence-electron chi connectivity index (χ0n) is 5.98. The van der Waals surface area contributed by atoms with Gasteiger partial charge in [0.1, 0.15) is 5.75 Å². The lowest BCUT2D eigenvalue weighted by molar-refractivity contribution is -0.0214. The summed E-state index contributed by atoms with van der Waals surface area (Å²) in [5.41, 5.74) is -0.0307. The number of fused-ring (bicyclic) bond motifs is 1.